The molecule has 0 saturated carbocycles. The predicted octanol–water partition coefficient (Wildman–Crippen LogP) is 0.199. The quantitative estimate of drug-likeness (QED) is 0.482. The fraction of sp³-hybridized carbons (Fsp3) is 0.100. The summed E-state index contributed by atoms with van der Waals surface area (Å²) in [6.07, 6.45) is 1.48. The van der Waals surface area contributed by atoms with Crippen molar-refractivity contribution in [1.29, 1.82) is 0 Å². The standard InChI is InChI=1S/C10H12N8/c1-4-2-6(18-9(13)5(11)3-14-18)15-10-7(4)8(12)16-17-10/h2-3H,11,13H2,1H3,(H3,12,15,16,17). The maximum absolute atomic E-state index is 5.82. The van der Waals surface area contributed by atoms with E-state index in [1.807, 2.05) is 13.0 Å². The van der Waals surface area contributed by atoms with E-state index >= 15 is 0 Å². The van der Waals surface area contributed by atoms with Gasteiger partial charge < -0.3 is 17.2 Å². The van der Waals surface area contributed by atoms with Crippen LogP contribution in [0, 0.1) is 6.92 Å². The van der Waals surface area contributed by atoms with Crippen LogP contribution in [-0.2, 0) is 0 Å². The van der Waals surface area contributed by atoms with E-state index in [0.29, 0.717) is 28.8 Å². The molecule has 0 saturated heterocycles. The number of nitrogen functional groups attached to an aromatic ring is 3. The number of nitrogens with one attached hydrogen (secondary N) is 1. The zero-order valence-corrected chi connectivity index (χ0v) is 9.68. The molecule has 8 heteroatoms. The highest BCUT2D eigenvalue weighted by atomic mass is 15.3. The largest absolute Gasteiger partial charge is 0.394 e. The van der Waals surface area contributed by atoms with E-state index in [9.17, 15) is 0 Å². The summed E-state index contributed by atoms with van der Waals surface area (Å²) in [6.45, 7) is 1.92. The van der Waals surface area contributed by atoms with Gasteiger partial charge in [-0.15, -0.1) is 0 Å². The molecular weight excluding hydrogens is 232 g/mol. The Morgan fingerprint density at radius 1 is 1.28 bits per heavy atom. The Kier molecular flexibility index (Phi) is 1.94. The molecule has 3 aromatic rings. The van der Waals surface area contributed by atoms with Crippen LogP contribution in [0.15, 0.2) is 12.3 Å². The lowest BCUT2D eigenvalue weighted by Gasteiger charge is -2.05. The number of fused-ring (bicyclic) bond motifs is 1. The summed E-state index contributed by atoms with van der Waals surface area (Å²) < 4.78 is 1.46. The number of H-pyrrole nitrogens is 1. The van der Waals surface area contributed by atoms with Crippen molar-refractivity contribution in [1.82, 2.24) is 25.0 Å². The fourth-order valence-corrected chi connectivity index (χ4v) is 1.88. The van der Waals surface area contributed by atoms with E-state index in [1.54, 1.807) is 0 Å². The Morgan fingerprint density at radius 2 is 2.06 bits per heavy atom. The minimum atomic E-state index is 0.352. The van der Waals surface area contributed by atoms with E-state index in [0.717, 1.165) is 10.9 Å². The van der Waals surface area contributed by atoms with Crippen molar-refractivity contribution < 1.29 is 0 Å². The summed E-state index contributed by atoms with van der Waals surface area (Å²) in [4.78, 5) is 4.34. The molecule has 0 aliphatic carbocycles. The average Bonchev–Trinajstić information content (AvgIpc) is 2.85. The summed E-state index contributed by atoms with van der Waals surface area (Å²) >= 11 is 0. The van der Waals surface area contributed by atoms with E-state index < -0.39 is 0 Å². The third-order valence-corrected chi connectivity index (χ3v) is 2.79. The summed E-state index contributed by atoms with van der Waals surface area (Å²) in [6, 6.07) is 1.83. The third-order valence-electron chi connectivity index (χ3n) is 2.79. The normalized spacial score (nSPS) is 11.2. The van der Waals surface area contributed by atoms with Crippen molar-refractivity contribution in [2.45, 2.75) is 6.92 Å². The van der Waals surface area contributed by atoms with E-state index in [-0.39, 0.29) is 0 Å². The molecule has 8 nitrogen and oxygen atoms in total. The topological polar surface area (TPSA) is 137 Å². The predicted molar refractivity (Wildman–Crippen MR) is 69.0 cm³/mol. The number of pyridine rings is 1. The zero-order valence-electron chi connectivity index (χ0n) is 9.68. The van der Waals surface area contributed by atoms with Gasteiger partial charge in [0.2, 0.25) is 0 Å². The van der Waals surface area contributed by atoms with Crippen molar-refractivity contribution >= 4 is 28.4 Å². The number of aromatic nitrogens is 5. The molecule has 0 unspecified atom stereocenters. The highest BCUT2D eigenvalue weighted by molar-refractivity contribution is 5.89. The molecule has 0 bridgehead atoms. The SMILES string of the molecule is Cc1cc(-n2ncc(N)c2N)nc2n[nH]c(N)c12. The molecule has 0 radical (unpaired) electrons. The number of aryl methyl sites for hydroxylation is 1. The number of nitrogens with zero attached hydrogens (tertiary/aromatic N) is 4. The minimum absolute atomic E-state index is 0.352. The second kappa shape index (κ2) is 3.36. The van der Waals surface area contributed by atoms with Gasteiger partial charge in [0.05, 0.1) is 17.3 Å². The Bertz CT molecular complexity index is 738. The highest BCUT2D eigenvalue weighted by Gasteiger charge is 2.13. The lowest BCUT2D eigenvalue weighted by molar-refractivity contribution is 0.859. The van der Waals surface area contributed by atoms with Crippen LogP contribution >= 0.6 is 0 Å². The summed E-state index contributed by atoms with van der Waals surface area (Å²) in [5, 5.41) is 11.6. The number of nitrogens with two attached hydrogens (primary N) is 3. The van der Waals surface area contributed by atoms with Crippen LogP contribution in [-0.4, -0.2) is 25.0 Å². The first-order valence-electron chi connectivity index (χ1n) is 5.28. The van der Waals surface area contributed by atoms with E-state index in [4.69, 9.17) is 17.2 Å². The summed E-state index contributed by atoms with van der Waals surface area (Å²) in [5.41, 5.74) is 19.1. The highest BCUT2D eigenvalue weighted by Crippen LogP contribution is 2.24. The van der Waals surface area contributed by atoms with Crippen molar-refractivity contribution in [2.24, 2.45) is 0 Å². The van der Waals surface area contributed by atoms with Crippen molar-refractivity contribution in [3.63, 3.8) is 0 Å². The molecule has 0 fully saturated rings. The van der Waals surface area contributed by atoms with Crippen LogP contribution in [0.1, 0.15) is 5.56 Å². The van der Waals surface area contributed by atoms with Crippen molar-refractivity contribution in [2.75, 3.05) is 17.2 Å². The third kappa shape index (κ3) is 1.29. The van der Waals surface area contributed by atoms with Gasteiger partial charge in [-0.05, 0) is 18.6 Å². The Balaban J connectivity index is 2.28. The van der Waals surface area contributed by atoms with Gasteiger partial charge in [-0.3, -0.25) is 5.10 Å². The van der Waals surface area contributed by atoms with Crippen LogP contribution < -0.4 is 17.2 Å². The first kappa shape index (κ1) is 10.4. The van der Waals surface area contributed by atoms with E-state index in [1.165, 1.54) is 10.9 Å². The fourth-order valence-electron chi connectivity index (χ4n) is 1.88. The second-order valence-electron chi connectivity index (χ2n) is 4.03. The molecule has 0 amide bonds. The van der Waals surface area contributed by atoms with E-state index in [2.05, 4.69) is 20.3 Å². The van der Waals surface area contributed by atoms with Crippen LogP contribution in [0.5, 0.6) is 0 Å². The molecule has 7 N–H and O–H groups in total. The number of anilines is 3. The van der Waals surface area contributed by atoms with Crippen LogP contribution in [0.2, 0.25) is 0 Å². The molecule has 0 atom stereocenters. The number of hydrogen-bond acceptors (Lipinski definition) is 6. The van der Waals surface area contributed by atoms with Crippen molar-refractivity contribution in [3.8, 4) is 5.82 Å². The lowest BCUT2D eigenvalue weighted by atomic mass is 10.2. The molecule has 3 rings (SSSR count). The average molecular weight is 244 g/mol. The molecule has 0 aromatic carbocycles. The smallest absolute Gasteiger partial charge is 0.185 e. The van der Waals surface area contributed by atoms with Crippen molar-refractivity contribution in [3.05, 3.63) is 17.8 Å². The second-order valence-corrected chi connectivity index (χ2v) is 4.03. The number of hydrogen-bond donors (Lipinski definition) is 4. The summed E-state index contributed by atoms with van der Waals surface area (Å²) in [7, 11) is 0. The molecule has 18 heavy (non-hydrogen) atoms. The monoisotopic (exact) mass is 244 g/mol. The van der Waals surface area contributed by atoms with Crippen LogP contribution in [0.4, 0.5) is 17.3 Å². The molecule has 3 aromatic heterocycles. The Morgan fingerprint density at radius 3 is 2.72 bits per heavy atom. The maximum atomic E-state index is 5.82. The van der Waals surface area contributed by atoms with Crippen LogP contribution in [0.25, 0.3) is 16.9 Å². The summed E-state index contributed by atoms with van der Waals surface area (Å²) in [5.74, 6) is 1.40. The molecular formula is C10H12N8. The van der Waals surface area contributed by atoms with Gasteiger partial charge in [-0.2, -0.15) is 14.9 Å². The lowest BCUT2D eigenvalue weighted by Crippen LogP contribution is -2.05. The van der Waals surface area contributed by atoms with Gasteiger partial charge in [0, 0.05) is 0 Å². The number of rotatable bonds is 1. The molecule has 3 heterocycles. The number of aromatic amines is 1. The van der Waals surface area contributed by atoms with Gasteiger partial charge in [-0.25, -0.2) is 4.98 Å². The Labute approximate surface area is 102 Å². The molecule has 0 aliphatic rings. The van der Waals surface area contributed by atoms with Gasteiger partial charge in [0.1, 0.15) is 5.82 Å². The molecule has 92 valence electrons. The maximum Gasteiger partial charge on any atom is 0.185 e. The molecule has 0 spiro atoms. The first-order valence-corrected chi connectivity index (χ1v) is 5.28. The van der Waals surface area contributed by atoms with Gasteiger partial charge in [0.25, 0.3) is 0 Å². The van der Waals surface area contributed by atoms with Gasteiger partial charge in [0.15, 0.2) is 17.3 Å². The Hall–Kier alpha value is -2.77. The van der Waals surface area contributed by atoms with Gasteiger partial charge in [-0.1, -0.05) is 0 Å². The van der Waals surface area contributed by atoms with Gasteiger partial charge >= 0.3 is 0 Å². The zero-order chi connectivity index (χ0) is 12.9. The minimum Gasteiger partial charge on any atom is -0.394 e. The first-order chi connectivity index (χ1) is 8.58. The van der Waals surface area contributed by atoms with Crippen LogP contribution in [0.3, 0.4) is 0 Å². The molecule has 0 aliphatic heterocycles.